The molecule has 1 heterocycles. The first-order chi connectivity index (χ1) is 10.7. The summed E-state index contributed by atoms with van der Waals surface area (Å²) in [5, 5.41) is 0. The third-order valence-corrected chi connectivity index (χ3v) is 3.79. The molecule has 22 heavy (non-hydrogen) atoms. The van der Waals surface area contributed by atoms with Gasteiger partial charge in [-0.2, -0.15) is 0 Å². The molecule has 1 aliphatic heterocycles. The van der Waals surface area contributed by atoms with E-state index in [-0.39, 0.29) is 31.1 Å². The Morgan fingerprint density at radius 2 is 1.73 bits per heavy atom. The Labute approximate surface area is 129 Å². The summed E-state index contributed by atoms with van der Waals surface area (Å²) in [6.07, 6.45) is 2.02. The number of carbonyl (C=O) groups excluding carboxylic acids is 2. The normalized spacial score (nSPS) is 18.0. The van der Waals surface area contributed by atoms with Crippen LogP contribution in [-0.4, -0.2) is 54.1 Å². The van der Waals surface area contributed by atoms with E-state index in [1.165, 1.54) is 4.90 Å². The maximum atomic E-state index is 12.1. The monoisotopic (exact) mass is 304 g/mol. The van der Waals surface area contributed by atoms with E-state index in [1.807, 2.05) is 31.2 Å². The number of hydrogen-bond acceptors (Lipinski definition) is 4. The summed E-state index contributed by atoms with van der Waals surface area (Å²) in [5.74, 6) is 1.36. The van der Waals surface area contributed by atoms with Crippen LogP contribution in [-0.2, 0) is 4.79 Å². The van der Waals surface area contributed by atoms with Gasteiger partial charge in [-0.25, -0.2) is 4.79 Å². The van der Waals surface area contributed by atoms with Crippen molar-refractivity contribution in [3.8, 4) is 11.5 Å². The van der Waals surface area contributed by atoms with Gasteiger partial charge in [-0.3, -0.25) is 9.69 Å². The lowest BCUT2D eigenvalue weighted by molar-refractivity contribution is -0.125. The molecule has 0 unspecified atom stereocenters. The van der Waals surface area contributed by atoms with Crippen LogP contribution in [0.25, 0.3) is 0 Å². The van der Waals surface area contributed by atoms with E-state index in [9.17, 15) is 9.59 Å². The smallest absolute Gasteiger partial charge is 0.327 e. The van der Waals surface area contributed by atoms with Crippen LogP contribution in [0, 0.1) is 0 Å². The number of urea groups is 1. The molecule has 6 heteroatoms. The number of benzene rings is 1. The first-order valence-corrected chi connectivity index (χ1v) is 7.65. The van der Waals surface area contributed by atoms with Crippen molar-refractivity contribution in [2.24, 2.45) is 0 Å². The standard InChI is InChI=1S/C16H20N2O4/c1-2-21-13-5-7-14(8-6-13)22-10-9-17-15(19)11-18(16(17)20)12-3-4-12/h5-8,12H,2-4,9-11H2,1H3. The van der Waals surface area contributed by atoms with E-state index in [4.69, 9.17) is 9.47 Å². The van der Waals surface area contributed by atoms with Gasteiger partial charge in [0.1, 0.15) is 24.7 Å². The number of hydrogen-bond donors (Lipinski definition) is 0. The Morgan fingerprint density at radius 3 is 2.32 bits per heavy atom. The average molecular weight is 304 g/mol. The number of nitrogens with zero attached hydrogens (tertiary/aromatic N) is 2. The lowest BCUT2D eigenvalue weighted by Crippen LogP contribution is -2.36. The van der Waals surface area contributed by atoms with Gasteiger partial charge in [-0.15, -0.1) is 0 Å². The molecule has 3 amide bonds. The molecule has 0 bridgehead atoms. The van der Waals surface area contributed by atoms with E-state index in [0.29, 0.717) is 19.0 Å². The molecular formula is C16H20N2O4. The largest absolute Gasteiger partial charge is 0.494 e. The maximum absolute atomic E-state index is 12.1. The van der Waals surface area contributed by atoms with Crippen LogP contribution in [0.15, 0.2) is 24.3 Å². The van der Waals surface area contributed by atoms with Crippen LogP contribution in [0.1, 0.15) is 19.8 Å². The summed E-state index contributed by atoms with van der Waals surface area (Å²) >= 11 is 0. The maximum Gasteiger partial charge on any atom is 0.327 e. The van der Waals surface area contributed by atoms with E-state index in [0.717, 1.165) is 18.6 Å². The summed E-state index contributed by atoms with van der Waals surface area (Å²) in [6.45, 7) is 3.35. The second kappa shape index (κ2) is 6.25. The predicted octanol–water partition coefficient (Wildman–Crippen LogP) is 1.89. The summed E-state index contributed by atoms with van der Waals surface area (Å²) in [7, 11) is 0. The lowest BCUT2D eigenvalue weighted by atomic mass is 10.3. The molecule has 0 spiro atoms. The van der Waals surface area contributed by atoms with Crippen LogP contribution in [0.3, 0.4) is 0 Å². The van der Waals surface area contributed by atoms with E-state index in [1.54, 1.807) is 4.90 Å². The van der Waals surface area contributed by atoms with Gasteiger partial charge in [0.15, 0.2) is 0 Å². The number of carbonyl (C=O) groups is 2. The molecule has 1 aromatic carbocycles. The Kier molecular flexibility index (Phi) is 4.18. The molecule has 3 rings (SSSR count). The minimum atomic E-state index is -0.178. The summed E-state index contributed by atoms with van der Waals surface area (Å²) in [5.41, 5.74) is 0. The zero-order chi connectivity index (χ0) is 15.5. The van der Waals surface area contributed by atoms with E-state index in [2.05, 4.69) is 0 Å². The highest BCUT2D eigenvalue weighted by atomic mass is 16.5. The Hall–Kier alpha value is -2.24. The van der Waals surface area contributed by atoms with Crippen LogP contribution >= 0.6 is 0 Å². The topological polar surface area (TPSA) is 59.1 Å². The fourth-order valence-corrected chi connectivity index (χ4v) is 2.51. The van der Waals surface area contributed by atoms with Crippen LogP contribution in [0.4, 0.5) is 4.79 Å². The molecule has 0 N–H and O–H groups in total. The predicted molar refractivity (Wildman–Crippen MR) is 79.9 cm³/mol. The minimum absolute atomic E-state index is 0.132. The van der Waals surface area contributed by atoms with Gasteiger partial charge in [0, 0.05) is 6.04 Å². The highest BCUT2D eigenvalue weighted by molar-refractivity contribution is 6.02. The number of ether oxygens (including phenoxy) is 2. The molecule has 118 valence electrons. The molecule has 2 fully saturated rings. The first-order valence-electron chi connectivity index (χ1n) is 7.65. The second-order valence-electron chi connectivity index (χ2n) is 5.44. The quantitative estimate of drug-likeness (QED) is 0.722. The third kappa shape index (κ3) is 3.16. The molecule has 2 aliphatic rings. The third-order valence-electron chi connectivity index (χ3n) is 3.79. The molecular weight excluding hydrogens is 284 g/mol. The number of rotatable bonds is 7. The molecule has 1 saturated heterocycles. The van der Waals surface area contributed by atoms with E-state index < -0.39 is 0 Å². The lowest BCUT2D eigenvalue weighted by Gasteiger charge is -2.16. The fourth-order valence-electron chi connectivity index (χ4n) is 2.51. The number of amides is 3. The van der Waals surface area contributed by atoms with Gasteiger partial charge in [0.05, 0.1) is 13.2 Å². The van der Waals surface area contributed by atoms with Gasteiger partial charge >= 0.3 is 6.03 Å². The Morgan fingerprint density at radius 1 is 1.09 bits per heavy atom. The Balaban J connectivity index is 1.48. The van der Waals surface area contributed by atoms with Crippen molar-refractivity contribution < 1.29 is 19.1 Å². The van der Waals surface area contributed by atoms with E-state index >= 15 is 0 Å². The second-order valence-corrected chi connectivity index (χ2v) is 5.44. The van der Waals surface area contributed by atoms with Crippen molar-refractivity contribution >= 4 is 11.9 Å². The molecule has 6 nitrogen and oxygen atoms in total. The summed E-state index contributed by atoms with van der Waals surface area (Å²) < 4.78 is 10.9. The van der Waals surface area contributed by atoms with Gasteiger partial charge in [0.2, 0.25) is 5.91 Å². The highest BCUT2D eigenvalue weighted by Gasteiger charge is 2.43. The van der Waals surface area contributed by atoms with Crippen molar-refractivity contribution in [3.63, 3.8) is 0 Å². The van der Waals surface area contributed by atoms with Crippen molar-refractivity contribution in [3.05, 3.63) is 24.3 Å². The SMILES string of the molecule is CCOc1ccc(OCCN2C(=O)CN(C3CC3)C2=O)cc1. The fraction of sp³-hybridized carbons (Fsp3) is 0.500. The van der Waals surface area contributed by atoms with Gasteiger partial charge in [-0.1, -0.05) is 0 Å². The van der Waals surface area contributed by atoms with Crippen LogP contribution < -0.4 is 9.47 Å². The van der Waals surface area contributed by atoms with Crippen LogP contribution in [0.5, 0.6) is 11.5 Å². The Bertz CT molecular complexity index is 554. The van der Waals surface area contributed by atoms with Crippen LogP contribution in [0.2, 0.25) is 0 Å². The van der Waals surface area contributed by atoms with Gasteiger partial charge in [0.25, 0.3) is 0 Å². The zero-order valence-corrected chi connectivity index (χ0v) is 12.7. The molecule has 0 radical (unpaired) electrons. The number of imide groups is 1. The molecule has 1 aliphatic carbocycles. The highest BCUT2D eigenvalue weighted by Crippen LogP contribution is 2.30. The van der Waals surface area contributed by atoms with Gasteiger partial charge in [-0.05, 0) is 44.0 Å². The summed E-state index contributed by atoms with van der Waals surface area (Å²) in [4.78, 5) is 26.9. The summed E-state index contributed by atoms with van der Waals surface area (Å²) in [6, 6.07) is 7.39. The van der Waals surface area contributed by atoms with Crippen molar-refractivity contribution in [2.75, 3.05) is 26.3 Å². The molecule has 1 aromatic rings. The average Bonchev–Trinajstić information content (AvgIpc) is 3.31. The zero-order valence-electron chi connectivity index (χ0n) is 12.7. The molecule has 0 aromatic heterocycles. The molecule has 0 atom stereocenters. The van der Waals surface area contributed by atoms with Crippen molar-refractivity contribution in [2.45, 2.75) is 25.8 Å². The van der Waals surface area contributed by atoms with Crippen molar-refractivity contribution in [1.29, 1.82) is 0 Å². The van der Waals surface area contributed by atoms with Crippen molar-refractivity contribution in [1.82, 2.24) is 9.80 Å². The molecule has 1 saturated carbocycles. The minimum Gasteiger partial charge on any atom is -0.494 e. The first kappa shape index (κ1) is 14.7. The van der Waals surface area contributed by atoms with Gasteiger partial charge < -0.3 is 14.4 Å².